The Balaban J connectivity index is 1.28. The predicted octanol–water partition coefficient (Wildman–Crippen LogP) is 26.0. The molecule has 0 saturated heterocycles. The third kappa shape index (κ3) is 27.5. The lowest BCUT2D eigenvalue weighted by Crippen LogP contribution is -2.28. The summed E-state index contributed by atoms with van der Waals surface area (Å²) in [6.45, 7) is 16.6. The second-order valence-electron chi connectivity index (χ2n) is 27.9. The number of terminal acetylenes is 1. The van der Waals surface area contributed by atoms with Crippen molar-refractivity contribution < 1.29 is 8.78 Å². The van der Waals surface area contributed by atoms with Crippen molar-refractivity contribution in [2.75, 3.05) is 0 Å². The van der Waals surface area contributed by atoms with E-state index in [9.17, 15) is 0 Å². The summed E-state index contributed by atoms with van der Waals surface area (Å²) in [6, 6.07) is 19.7. The van der Waals surface area contributed by atoms with Crippen LogP contribution in [0.4, 0.5) is 8.78 Å². The molecule has 6 heterocycles. The molecule has 7 rings (SSSR count). The lowest BCUT2D eigenvalue weighted by molar-refractivity contribution is 0.478. The number of rotatable bonds is 45. The summed E-state index contributed by atoms with van der Waals surface area (Å²) < 4.78 is 36.4. The van der Waals surface area contributed by atoms with Crippen molar-refractivity contribution in [3.63, 3.8) is 0 Å². The number of aryl methyl sites for hydroxylation is 4. The van der Waals surface area contributed by atoms with E-state index in [1.54, 1.807) is 34.8 Å². The number of benzene rings is 1. The molecule has 0 aliphatic heterocycles. The van der Waals surface area contributed by atoms with E-state index in [1.807, 2.05) is 52.5 Å². The Bertz CT molecular complexity index is 4470. The van der Waals surface area contributed by atoms with Gasteiger partial charge in [0.15, 0.2) is 11.6 Å². The first kappa shape index (κ1) is 82.8. The minimum absolute atomic E-state index is 0.0410. The second-order valence-corrected chi connectivity index (χ2v) is 32.6. The highest BCUT2D eigenvalue weighted by Gasteiger charge is 2.25. The predicted molar refractivity (Wildman–Crippen MR) is 444 cm³/mol. The Morgan fingerprint density at radius 2 is 0.777 bits per heavy atom. The van der Waals surface area contributed by atoms with Gasteiger partial charge in [-0.1, -0.05) is 240 Å². The van der Waals surface area contributed by atoms with Crippen LogP contribution in [0.3, 0.4) is 0 Å². The van der Waals surface area contributed by atoms with Gasteiger partial charge in [-0.3, -0.25) is 9.59 Å². The van der Waals surface area contributed by atoms with Crippen LogP contribution in [-0.4, -0.2) is 9.13 Å². The molecule has 10 heteroatoms. The molecule has 0 bridgehead atoms. The number of hydrogen-bond acceptors (Lipinski definition) is 6. The summed E-state index contributed by atoms with van der Waals surface area (Å²) in [5.41, 5.74) is 5.53. The number of hydrogen-bond donors (Lipinski definition) is 0. The first-order chi connectivity index (χ1) is 50.4. The van der Waals surface area contributed by atoms with Gasteiger partial charge >= 0.3 is 0 Å². The van der Waals surface area contributed by atoms with Crippen molar-refractivity contribution in [1.29, 1.82) is 0 Å². The molecule has 103 heavy (non-hydrogen) atoms. The minimum Gasteiger partial charge on any atom is -0.306 e. The van der Waals surface area contributed by atoms with Crippen molar-refractivity contribution >= 4 is 56.4 Å². The minimum atomic E-state index is -0.848. The number of halogens is 2. The Labute approximate surface area is 634 Å². The van der Waals surface area contributed by atoms with Gasteiger partial charge in [0.25, 0.3) is 11.1 Å². The standard InChI is InChI=1S/C93H110F2N2O2S4/c1-9-14-19-24-29-32-35-36-37-38-41-44-47-52-57-75(56-51-46-43-40-34-31-26-21-16-11-3)67-76-68-87(101-74(76)8)80-70-82-83(96(92(80)98)64-53-48-27-22-17-12-4)71-81(93(99)97(82)65-54-49-28-23-18-13-5)88-69-77(66-72(6)55-50-45-42-39-33-30-25-20-15-10-2)91(103-88)86-63-62-85(102-86)79-60-59-78(89(94)90(79)95)84-61-58-73(7)100-84/h1,58-63,68-72,75H,10-13,15-18,20-23,25-28,30-31,33-34,39-40,42-43,45-46,48-51,53-56,64-67H2,2-8H3. The number of nitrogens with zero attached hydrogens (tertiary/aromatic N) is 2. The van der Waals surface area contributed by atoms with Crippen molar-refractivity contribution in [1.82, 2.24) is 9.13 Å². The molecule has 0 aliphatic carbocycles. The van der Waals surface area contributed by atoms with Gasteiger partial charge in [-0.2, -0.15) is 0 Å². The summed E-state index contributed by atoms with van der Waals surface area (Å²) in [4.78, 5) is 39.0. The van der Waals surface area contributed by atoms with E-state index in [1.165, 1.54) is 150 Å². The lowest BCUT2D eigenvalue weighted by atomic mass is 9.93. The van der Waals surface area contributed by atoms with Crippen molar-refractivity contribution in [2.24, 2.45) is 11.8 Å². The maximum atomic E-state index is 16.4. The number of pyridine rings is 2. The van der Waals surface area contributed by atoms with Gasteiger partial charge in [-0.15, -0.1) is 51.8 Å². The molecule has 0 aliphatic rings. The average molecular weight is 1450 g/mol. The molecular weight excluding hydrogens is 1340 g/mol. The molecule has 4 nitrogen and oxygen atoms in total. The maximum absolute atomic E-state index is 16.4. The zero-order chi connectivity index (χ0) is 73.2. The Morgan fingerprint density at radius 3 is 1.23 bits per heavy atom. The van der Waals surface area contributed by atoms with Gasteiger partial charge in [0, 0.05) is 69.2 Å². The largest absolute Gasteiger partial charge is 0.306 e. The van der Waals surface area contributed by atoms with Crippen LogP contribution in [0.5, 0.6) is 0 Å². The Hall–Kier alpha value is -7.48. The average Bonchev–Trinajstić information content (AvgIpc) is 1.04. The van der Waals surface area contributed by atoms with E-state index in [4.69, 9.17) is 6.42 Å². The molecule has 542 valence electrons. The third-order valence-electron chi connectivity index (χ3n) is 19.5. The normalized spacial score (nSPS) is 11.3. The van der Waals surface area contributed by atoms with Crippen LogP contribution in [0.25, 0.3) is 62.6 Å². The molecular formula is C93H110F2N2O2S4. The summed E-state index contributed by atoms with van der Waals surface area (Å²) in [7, 11) is 0. The smallest absolute Gasteiger partial charge is 0.259 e. The molecule has 0 N–H and O–H groups in total. The van der Waals surface area contributed by atoms with Gasteiger partial charge in [0.05, 0.1) is 22.2 Å². The van der Waals surface area contributed by atoms with Crippen LogP contribution in [0.2, 0.25) is 0 Å². The van der Waals surface area contributed by atoms with Gasteiger partial charge in [-0.05, 0) is 207 Å². The van der Waals surface area contributed by atoms with E-state index in [0.717, 1.165) is 155 Å². The fraction of sp³-hybridized carbons (Fsp3) is 0.505. The summed E-state index contributed by atoms with van der Waals surface area (Å²) in [6.07, 6.45) is 46.9. The zero-order valence-corrected chi connectivity index (χ0v) is 66.2. The molecule has 2 atom stereocenters. The molecule has 7 aromatic rings. The zero-order valence-electron chi connectivity index (χ0n) is 63.0. The number of aromatic nitrogens is 2. The van der Waals surface area contributed by atoms with Crippen molar-refractivity contribution in [3.8, 4) is 147 Å². The first-order valence-corrected chi connectivity index (χ1v) is 42.3. The first-order valence-electron chi connectivity index (χ1n) is 39.1. The van der Waals surface area contributed by atoms with Gasteiger partial charge in [-0.25, -0.2) is 8.78 Å². The van der Waals surface area contributed by atoms with E-state index in [0.29, 0.717) is 39.9 Å². The number of fused-ring (bicyclic) bond motifs is 1. The van der Waals surface area contributed by atoms with Gasteiger partial charge < -0.3 is 9.13 Å². The summed E-state index contributed by atoms with van der Waals surface area (Å²) >= 11 is 6.20. The SMILES string of the molecule is C#CC#CC#CC#CC#CC#CC#CC#CC(CCCCCCCCCCCC)Cc1cc(-c2cc3c(cc(-c4cc(CC(C)CCCCCCCCCCCC)c(-c5ccc(-c6ccc(-c7ccc(C)s7)c(F)c6F)s5)s4)c(=O)n3CCCCCCCC)n(CCCCCCCC)c2=O)sc1C. The number of unbranched alkanes of at least 4 members (excludes halogenated alkanes) is 28. The molecule has 0 spiro atoms. The van der Waals surface area contributed by atoms with E-state index in [-0.39, 0.29) is 28.2 Å². The van der Waals surface area contributed by atoms with E-state index >= 15 is 18.4 Å². The molecule has 0 saturated carbocycles. The third-order valence-corrected chi connectivity index (χ3v) is 24.1. The van der Waals surface area contributed by atoms with Crippen LogP contribution >= 0.6 is 45.3 Å². The quantitative estimate of drug-likeness (QED) is 0.0282. The molecule has 1 aromatic carbocycles. The summed E-state index contributed by atoms with van der Waals surface area (Å²) in [5, 5.41) is 0. The van der Waals surface area contributed by atoms with Crippen molar-refractivity contribution in [2.45, 2.75) is 293 Å². The van der Waals surface area contributed by atoms with Gasteiger partial charge in [0.2, 0.25) is 0 Å². The van der Waals surface area contributed by atoms with Crippen molar-refractivity contribution in [3.05, 3.63) is 114 Å². The van der Waals surface area contributed by atoms with Gasteiger partial charge in [0.1, 0.15) is 0 Å². The second kappa shape index (κ2) is 47.8. The highest BCUT2D eigenvalue weighted by Crippen LogP contribution is 2.46. The highest BCUT2D eigenvalue weighted by molar-refractivity contribution is 7.25. The van der Waals surface area contributed by atoms with Crippen LogP contribution in [0.15, 0.2) is 70.3 Å². The Morgan fingerprint density at radius 1 is 0.388 bits per heavy atom. The Kier molecular flexibility index (Phi) is 38.4. The molecule has 2 unspecified atom stereocenters. The monoisotopic (exact) mass is 1450 g/mol. The highest BCUT2D eigenvalue weighted by atomic mass is 32.1. The maximum Gasteiger partial charge on any atom is 0.259 e. The van der Waals surface area contributed by atoms with E-state index < -0.39 is 11.6 Å². The lowest BCUT2D eigenvalue weighted by Gasteiger charge is -2.18. The molecule has 0 radical (unpaired) electrons. The number of thiophene rings is 4. The van der Waals surface area contributed by atoms with Crippen LogP contribution in [0, 0.1) is 133 Å². The molecule has 0 fully saturated rings. The van der Waals surface area contributed by atoms with Crippen LogP contribution in [-0.2, 0) is 25.9 Å². The molecule has 6 aromatic heterocycles. The topological polar surface area (TPSA) is 44.0 Å². The molecule has 0 amide bonds. The fourth-order valence-electron chi connectivity index (χ4n) is 13.6. The summed E-state index contributed by atoms with van der Waals surface area (Å²) in [5.74, 6) is 39.5. The van der Waals surface area contributed by atoms with Crippen LogP contribution in [0.1, 0.15) is 274 Å². The van der Waals surface area contributed by atoms with Crippen LogP contribution < -0.4 is 11.1 Å². The van der Waals surface area contributed by atoms with E-state index in [2.05, 4.69) is 142 Å². The fourth-order valence-corrected chi connectivity index (χ4v) is 17.9.